The Morgan fingerprint density at radius 3 is 2.96 bits per heavy atom. The molecule has 4 rings (SSSR count). The van der Waals surface area contributed by atoms with Crippen molar-refractivity contribution in [1.29, 1.82) is 0 Å². The normalized spacial score (nSPS) is 21.0. The van der Waals surface area contributed by atoms with Gasteiger partial charge in [-0.25, -0.2) is 4.79 Å². The first kappa shape index (κ1) is 15.7. The summed E-state index contributed by atoms with van der Waals surface area (Å²) in [4.78, 5) is 14.1. The van der Waals surface area contributed by atoms with Gasteiger partial charge in [-0.3, -0.25) is 4.90 Å². The van der Waals surface area contributed by atoms with Crippen LogP contribution in [0.5, 0.6) is 5.75 Å². The number of aryl methyl sites for hydroxylation is 2. The molecule has 1 fully saturated rings. The first-order valence-corrected chi connectivity index (χ1v) is 8.71. The molecule has 5 nitrogen and oxygen atoms in total. The number of hydrogen-bond acceptors (Lipinski definition) is 5. The lowest BCUT2D eigenvalue weighted by atomic mass is 9.99. The number of hydrogen-bond donors (Lipinski definition) is 0. The third-order valence-corrected chi connectivity index (χ3v) is 5.03. The van der Waals surface area contributed by atoms with E-state index in [1.165, 1.54) is 0 Å². The average Bonchev–Trinajstić information content (AvgIpc) is 3.08. The monoisotopic (exact) mass is 329 g/mol. The Kier molecular flexibility index (Phi) is 4.06. The maximum absolute atomic E-state index is 11.8. The molecule has 24 heavy (non-hydrogen) atoms. The molecule has 2 aliphatic heterocycles. The fourth-order valence-electron chi connectivity index (χ4n) is 3.82. The van der Waals surface area contributed by atoms with Crippen LogP contribution in [0.4, 0.5) is 0 Å². The molecule has 5 heteroatoms. The fourth-order valence-corrected chi connectivity index (χ4v) is 3.82. The molecule has 0 aliphatic carbocycles. The highest BCUT2D eigenvalue weighted by atomic mass is 16.5. The lowest BCUT2D eigenvalue weighted by molar-refractivity contribution is 0.0277. The molecule has 0 bridgehead atoms. The van der Waals surface area contributed by atoms with Gasteiger partial charge in [-0.2, -0.15) is 0 Å². The van der Waals surface area contributed by atoms with Gasteiger partial charge < -0.3 is 13.9 Å². The number of ether oxygens (including phenoxy) is 2. The second kappa shape index (κ2) is 6.22. The van der Waals surface area contributed by atoms with Gasteiger partial charge >= 0.3 is 5.63 Å². The van der Waals surface area contributed by atoms with E-state index in [9.17, 15) is 4.79 Å². The topological polar surface area (TPSA) is 51.9 Å². The largest absolute Gasteiger partial charge is 0.477 e. The van der Waals surface area contributed by atoms with Crippen molar-refractivity contribution in [2.45, 2.75) is 45.8 Å². The van der Waals surface area contributed by atoms with Gasteiger partial charge in [0.1, 0.15) is 18.1 Å². The molecule has 2 aliphatic rings. The molecule has 1 saturated heterocycles. The van der Waals surface area contributed by atoms with E-state index in [1.807, 2.05) is 6.92 Å². The maximum Gasteiger partial charge on any atom is 0.336 e. The highest BCUT2D eigenvalue weighted by Crippen LogP contribution is 2.36. The van der Waals surface area contributed by atoms with Crippen LogP contribution in [0.3, 0.4) is 0 Å². The summed E-state index contributed by atoms with van der Waals surface area (Å²) in [6, 6.07) is 3.73. The Labute approximate surface area is 141 Å². The molecule has 0 amide bonds. The van der Waals surface area contributed by atoms with Crippen LogP contribution in [-0.4, -0.2) is 30.9 Å². The molecule has 0 N–H and O–H groups in total. The van der Waals surface area contributed by atoms with Crippen LogP contribution in [-0.2, 0) is 17.7 Å². The number of fused-ring (bicyclic) bond motifs is 2. The first-order valence-electron chi connectivity index (χ1n) is 8.71. The highest BCUT2D eigenvalue weighted by molar-refractivity contribution is 5.86. The van der Waals surface area contributed by atoms with Crippen LogP contribution in [0.15, 0.2) is 21.3 Å². The van der Waals surface area contributed by atoms with Crippen molar-refractivity contribution < 1.29 is 13.9 Å². The fraction of sp³-hybridized carbons (Fsp3) is 0.526. The van der Waals surface area contributed by atoms with E-state index in [2.05, 4.69) is 17.9 Å². The van der Waals surface area contributed by atoms with E-state index in [-0.39, 0.29) is 5.63 Å². The molecule has 1 unspecified atom stereocenters. The second-order valence-corrected chi connectivity index (χ2v) is 6.73. The van der Waals surface area contributed by atoms with Gasteiger partial charge in [0.15, 0.2) is 0 Å². The Hall–Kier alpha value is -1.85. The second-order valence-electron chi connectivity index (χ2n) is 6.73. The summed E-state index contributed by atoms with van der Waals surface area (Å²) in [5.74, 6) is 0.863. The molecule has 0 saturated carbocycles. The van der Waals surface area contributed by atoms with Crippen molar-refractivity contribution in [3.8, 4) is 5.75 Å². The van der Waals surface area contributed by atoms with E-state index in [0.717, 1.165) is 66.8 Å². The average molecular weight is 329 g/mol. The Morgan fingerprint density at radius 1 is 1.33 bits per heavy atom. The smallest absolute Gasteiger partial charge is 0.336 e. The molecule has 0 spiro atoms. The zero-order valence-corrected chi connectivity index (χ0v) is 14.3. The quantitative estimate of drug-likeness (QED) is 0.810. The molecule has 1 aromatic heterocycles. The van der Waals surface area contributed by atoms with Crippen molar-refractivity contribution in [3.05, 3.63) is 39.2 Å². The Bertz CT molecular complexity index is 820. The highest BCUT2D eigenvalue weighted by Gasteiger charge is 2.26. The van der Waals surface area contributed by atoms with Gasteiger partial charge in [-0.15, -0.1) is 0 Å². The Morgan fingerprint density at radius 2 is 2.21 bits per heavy atom. The van der Waals surface area contributed by atoms with Gasteiger partial charge in [-0.1, -0.05) is 6.92 Å². The van der Waals surface area contributed by atoms with Gasteiger partial charge in [0.2, 0.25) is 0 Å². The zero-order chi connectivity index (χ0) is 16.7. The van der Waals surface area contributed by atoms with Crippen LogP contribution in [0.1, 0.15) is 36.5 Å². The van der Waals surface area contributed by atoms with E-state index >= 15 is 0 Å². The summed E-state index contributed by atoms with van der Waals surface area (Å²) in [5.41, 5.74) is 3.48. The number of benzene rings is 1. The SMILES string of the molecule is CCc1cc(=O)oc2c(C)c3c(cc12)CN(CC1CCCO1)CO3. The lowest BCUT2D eigenvalue weighted by Crippen LogP contribution is -2.37. The molecule has 1 aromatic carbocycles. The maximum atomic E-state index is 11.8. The molecule has 0 radical (unpaired) electrons. The Balaban J connectivity index is 1.71. The lowest BCUT2D eigenvalue weighted by Gasteiger charge is -2.31. The van der Waals surface area contributed by atoms with E-state index < -0.39 is 0 Å². The third kappa shape index (κ3) is 2.72. The summed E-state index contributed by atoms with van der Waals surface area (Å²) in [5, 5.41) is 1.02. The first-order chi connectivity index (χ1) is 11.7. The minimum atomic E-state index is -0.293. The summed E-state index contributed by atoms with van der Waals surface area (Å²) in [7, 11) is 0. The van der Waals surface area contributed by atoms with Crippen LogP contribution >= 0.6 is 0 Å². The minimum Gasteiger partial charge on any atom is -0.477 e. The summed E-state index contributed by atoms with van der Waals surface area (Å²) >= 11 is 0. The van der Waals surface area contributed by atoms with Gasteiger partial charge in [-0.05, 0) is 37.8 Å². The molecular formula is C19H23NO4. The van der Waals surface area contributed by atoms with Gasteiger partial charge in [0.25, 0.3) is 0 Å². The number of rotatable bonds is 3. The van der Waals surface area contributed by atoms with E-state index in [0.29, 0.717) is 18.4 Å². The van der Waals surface area contributed by atoms with Gasteiger partial charge in [0.05, 0.1) is 6.10 Å². The summed E-state index contributed by atoms with van der Waals surface area (Å²) in [6.45, 7) is 7.20. The standard InChI is InChI=1S/C19H23NO4/c1-3-13-8-17(21)24-19-12(2)18-14(7-16(13)19)9-20(11-23-18)10-15-5-4-6-22-15/h7-8,15H,3-6,9-11H2,1-2H3. The van der Waals surface area contributed by atoms with Crippen molar-refractivity contribution >= 4 is 11.0 Å². The predicted octanol–water partition coefficient (Wildman–Crippen LogP) is 2.99. The molecule has 1 atom stereocenters. The van der Waals surface area contributed by atoms with E-state index in [1.54, 1.807) is 6.07 Å². The predicted molar refractivity (Wildman–Crippen MR) is 91.5 cm³/mol. The molecule has 3 heterocycles. The summed E-state index contributed by atoms with van der Waals surface area (Å²) < 4.78 is 17.2. The minimum absolute atomic E-state index is 0.293. The molecule has 2 aromatic rings. The van der Waals surface area contributed by atoms with Crippen molar-refractivity contribution in [1.82, 2.24) is 4.90 Å². The zero-order valence-electron chi connectivity index (χ0n) is 14.3. The van der Waals surface area contributed by atoms with Crippen molar-refractivity contribution in [2.24, 2.45) is 0 Å². The van der Waals surface area contributed by atoms with Crippen LogP contribution in [0.25, 0.3) is 11.0 Å². The van der Waals surface area contributed by atoms with E-state index in [4.69, 9.17) is 13.9 Å². The van der Waals surface area contributed by atoms with Crippen LogP contribution in [0, 0.1) is 6.92 Å². The van der Waals surface area contributed by atoms with Crippen LogP contribution < -0.4 is 10.4 Å². The van der Waals surface area contributed by atoms with Crippen molar-refractivity contribution in [2.75, 3.05) is 19.9 Å². The van der Waals surface area contributed by atoms with Crippen molar-refractivity contribution in [3.63, 3.8) is 0 Å². The number of nitrogens with zero attached hydrogens (tertiary/aromatic N) is 1. The third-order valence-electron chi connectivity index (χ3n) is 5.03. The van der Waals surface area contributed by atoms with Gasteiger partial charge in [0, 0.05) is 42.3 Å². The summed E-state index contributed by atoms with van der Waals surface area (Å²) in [6.07, 6.45) is 3.41. The van der Waals surface area contributed by atoms with Crippen LogP contribution in [0.2, 0.25) is 0 Å². The molecule has 128 valence electrons. The molecular weight excluding hydrogens is 306 g/mol.